The van der Waals surface area contributed by atoms with Crippen LogP contribution in [0.1, 0.15) is 0 Å². The fourth-order valence-corrected chi connectivity index (χ4v) is 1.25. The van der Waals surface area contributed by atoms with Gasteiger partial charge in [0, 0.05) is 6.07 Å². The van der Waals surface area contributed by atoms with Crippen LogP contribution in [0.3, 0.4) is 0 Å². The van der Waals surface area contributed by atoms with Crippen LogP contribution >= 0.6 is 0 Å². The van der Waals surface area contributed by atoms with Gasteiger partial charge < -0.3 is 15.4 Å². The molecular formula is C10H10F2N2O2. The summed E-state index contributed by atoms with van der Waals surface area (Å²) in [7, 11) is 0. The lowest BCUT2D eigenvalue weighted by molar-refractivity contribution is 0.000731. The van der Waals surface area contributed by atoms with Crippen molar-refractivity contribution in [2.24, 2.45) is 0 Å². The second kappa shape index (κ2) is 4.44. The predicted octanol–water partition coefficient (Wildman–Crippen LogP) is 1.49. The van der Waals surface area contributed by atoms with Gasteiger partial charge in [0.05, 0.1) is 24.9 Å². The molecule has 0 spiro atoms. The van der Waals surface area contributed by atoms with Crippen molar-refractivity contribution < 1.29 is 18.3 Å². The highest BCUT2D eigenvalue weighted by Crippen LogP contribution is 2.14. The highest BCUT2D eigenvalue weighted by atomic mass is 19.1. The van der Waals surface area contributed by atoms with Crippen molar-refractivity contribution >= 4 is 11.7 Å². The number of hydrogen-bond acceptors (Lipinski definition) is 2. The van der Waals surface area contributed by atoms with Crippen LogP contribution in [0.5, 0.6) is 0 Å². The molecule has 1 aromatic carbocycles. The molecule has 0 unspecified atom stereocenters. The predicted molar refractivity (Wildman–Crippen MR) is 53.1 cm³/mol. The van der Waals surface area contributed by atoms with Gasteiger partial charge in [0.15, 0.2) is 0 Å². The molecule has 4 nitrogen and oxygen atoms in total. The quantitative estimate of drug-likeness (QED) is 0.805. The van der Waals surface area contributed by atoms with Gasteiger partial charge in [-0.1, -0.05) is 0 Å². The minimum Gasteiger partial charge on any atom is -0.377 e. The second-order valence-electron chi connectivity index (χ2n) is 3.46. The third kappa shape index (κ3) is 2.46. The molecule has 1 fully saturated rings. The van der Waals surface area contributed by atoms with E-state index in [0.29, 0.717) is 19.3 Å². The molecule has 2 N–H and O–H groups in total. The Kier molecular flexibility index (Phi) is 3.00. The average Bonchev–Trinajstić information content (AvgIpc) is 2.16. The third-order valence-electron chi connectivity index (χ3n) is 2.15. The molecule has 86 valence electrons. The Morgan fingerprint density at radius 3 is 2.69 bits per heavy atom. The van der Waals surface area contributed by atoms with Gasteiger partial charge in [-0.2, -0.15) is 0 Å². The van der Waals surface area contributed by atoms with E-state index in [0.717, 1.165) is 6.07 Å². The molecule has 1 aliphatic heterocycles. The summed E-state index contributed by atoms with van der Waals surface area (Å²) >= 11 is 0. The highest BCUT2D eigenvalue weighted by Gasteiger charge is 2.20. The fraction of sp³-hybridized carbons (Fsp3) is 0.300. The lowest BCUT2D eigenvalue weighted by atomic mass is 10.2. The number of halogens is 2. The zero-order chi connectivity index (χ0) is 11.5. The maximum Gasteiger partial charge on any atom is 0.319 e. The van der Waals surface area contributed by atoms with Crippen LogP contribution in [-0.2, 0) is 4.74 Å². The number of hydrogen-bond donors (Lipinski definition) is 2. The molecule has 1 aromatic rings. The molecule has 1 heterocycles. The summed E-state index contributed by atoms with van der Waals surface area (Å²) in [6.45, 7) is 0.915. The number of carbonyl (C=O) groups excluding carboxylic acids is 1. The van der Waals surface area contributed by atoms with Gasteiger partial charge >= 0.3 is 6.03 Å². The van der Waals surface area contributed by atoms with Crippen molar-refractivity contribution in [2.45, 2.75) is 6.04 Å². The van der Waals surface area contributed by atoms with Crippen molar-refractivity contribution in [1.29, 1.82) is 0 Å². The Hall–Kier alpha value is -1.69. The van der Waals surface area contributed by atoms with Gasteiger partial charge in [-0.15, -0.1) is 0 Å². The van der Waals surface area contributed by atoms with Crippen LogP contribution in [0, 0.1) is 11.6 Å². The molecular weight excluding hydrogens is 218 g/mol. The Morgan fingerprint density at radius 2 is 2.12 bits per heavy atom. The first-order chi connectivity index (χ1) is 7.65. The molecule has 2 amide bonds. The van der Waals surface area contributed by atoms with Crippen molar-refractivity contribution in [1.82, 2.24) is 5.32 Å². The van der Waals surface area contributed by atoms with Crippen LogP contribution in [0.15, 0.2) is 18.2 Å². The molecule has 0 saturated carbocycles. The lowest BCUT2D eigenvalue weighted by Gasteiger charge is -2.26. The van der Waals surface area contributed by atoms with Gasteiger partial charge in [-0.05, 0) is 12.1 Å². The number of anilines is 1. The zero-order valence-corrected chi connectivity index (χ0v) is 8.30. The number of urea groups is 1. The molecule has 0 radical (unpaired) electrons. The number of carbonyl (C=O) groups is 1. The van der Waals surface area contributed by atoms with E-state index < -0.39 is 17.7 Å². The SMILES string of the molecule is O=C(Nc1ccc(F)cc1F)NC1COC1. The first-order valence-electron chi connectivity index (χ1n) is 4.75. The summed E-state index contributed by atoms with van der Waals surface area (Å²) in [5.74, 6) is -1.49. The third-order valence-corrected chi connectivity index (χ3v) is 2.15. The Balaban J connectivity index is 1.94. The average molecular weight is 228 g/mol. The van der Waals surface area contributed by atoms with Crippen molar-refractivity contribution in [3.63, 3.8) is 0 Å². The van der Waals surface area contributed by atoms with Crippen LogP contribution in [0.4, 0.5) is 19.3 Å². The first-order valence-corrected chi connectivity index (χ1v) is 4.75. The standard InChI is InChI=1S/C10H10F2N2O2/c11-6-1-2-9(8(12)3-6)14-10(15)13-7-4-16-5-7/h1-3,7H,4-5H2,(H2,13,14,15). The molecule has 6 heteroatoms. The Labute approximate surface area is 90.6 Å². The molecule has 0 atom stereocenters. The summed E-state index contributed by atoms with van der Waals surface area (Å²) in [5.41, 5.74) is -0.0564. The molecule has 0 aliphatic carbocycles. The molecule has 0 aromatic heterocycles. The van der Waals surface area contributed by atoms with E-state index in [1.54, 1.807) is 0 Å². The minimum atomic E-state index is -0.806. The summed E-state index contributed by atoms with van der Waals surface area (Å²) in [6.07, 6.45) is 0. The van der Waals surface area contributed by atoms with Crippen LogP contribution in [0.25, 0.3) is 0 Å². The van der Waals surface area contributed by atoms with E-state index >= 15 is 0 Å². The molecule has 1 saturated heterocycles. The maximum absolute atomic E-state index is 13.1. The summed E-state index contributed by atoms with van der Waals surface area (Å²) < 4.78 is 30.6. The van der Waals surface area contributed by atoms with E-state index in [9.17, 15) is 13.6 Å². The monoisotopic (exact) mass is 228 g/mol. The van der Waals surface area contributed by atoms with Crippen molar-refractivity contribution in [3.05, 3.63) is 29.8 Å². The number of benzene rings is 1. The number of ether oxygens (including phenoxy) is 1. The summed E-state index contributed by atoms with van der Waals surface area (Å²) in [6, 6.07) is 2.39. The molecule has 2 rings (SSSR count). The van der Waals surface area contributed by atoms with Crippen LogP contribution in [-0.4, -0.2) is 25.3 Å². The van der Waals surface area contributed by atoms with E-state index in [1.807, 2.05) is 0 Å². The molecule has 16 heavy (non-hydrogen) atoms. The van der Waals surface area contributed by atoms with E-state index in [2.05, 4.69) is 10.6 Å². The number of amides is 2. The first kappa shape index (κ1) is 10.8. The van der Waals surface area contributed by atoms with Crippen LogP contribution < -0.4 is 10.6 Å². The van der Waals surface area contributed by atoms with E-state index in [4.69, 9.17) is 4.74 Å². The summed E-state index contributed by atoms with van der Waals surface area (Å²) in [5, 5.41) is 4.86. The van der Waals surface area contributed by atoms with Crippen LogP contribution in [0.2, 0.25) is 0 Å². The van der Waals surface area contributed by atoms with Gasteiger partial charge in [0.25, 0.3) is 0 Å². The van der Waals surface area contributed by atoms with E-state index in [-0.39, 0.29) is 11.7 Å². The van der Waals surface area contributed by atoms with Gasteiger partial charge in [-0.25, -0.2) is 13.6 Å². The Morgan fingerprint density at radius 1 is 1.38 bits per heavy atom. The van der Waals surface area contributed by atoms with Crippen molar-refractivity contribution in [2.75, 3.05) is 18.5 Å². The Bertz CT molecular complexity index is 408. The zero-order valence-electron chi connectivity index (χ0n) is 8.30. The topological polar surface area (TPSA) is 50.4 Å². The van der Waals surface area contributed by atoms with Gasteiger partial charge in [0.2, 0.25) is 0 Å². The molecule has 1 aliphatic rings. The highest BCUT2D eigenvalue weighted by molar-refractivity contribution is 5.89. The normalized spacial score (nSPS) is 15.4. The maximum atomic E-state index is 13.1. The number of rotatable bonds is 2. The fourth-order valence-electron chi connectivity index (χ4n) is 1.25. The second-order valence-corrected chi connectivity index (χ2v) is 3.46. The summed E-state index contributed by atoms with van der Waals surface area (Å²) in [4.78, 5) is 11.3. The van der Waals surface area contributed by atoms with E-state index in [1.165, 1.54) is 6.07 Å². The lowest BCUT2D eigenvalue weighted by Crippen LogP contribution is -2.50. The number of nitrogens with one attached hydrogen (secondary N) is 2. The van der Waals surface area contributed by atoms with Crippen molar-refractivity contribution in [3.8, 4) is 0 Å². The van der Waals surface area contributed by atoms with Gasteiger partial charge in [0.1, 0.15) is 11.6 Å². The minimum absolute atomic E-state index is 0.0384. The largest absolute Gasteiger partial charge is 0.377 e. The molecule has 0 bridgehead atoms. The smallest absolute Gasteiger partial charge is 0.319 e. The van der Waals surface area contributed by atoms with Gasteiger partial charge in [-0.3, -0.25) is 0 Å².